The minimum Gasteiger partial charge on any atom is -0.467 e. The smallest absolute Gasteiger partial charge is 0.133 e. The van der Waals surface area contributed by atoms with Crippen LogP contribution in [-0.2, 0) is 17.9 Å². The van der Waals surface area contributed by atoms with E-state index in [0.29, 0.717) is 6.61 Å². The lowest BCUT2D eigenvalue weighted by Gasteiger charge is -2.20. The van der Waals surface area contributed by atoms with E-state index in [1.54, 1.807) is 6.26 Å². The van der Waals surface area contributed by atoms with Crippen molar-refractivity contribution in [3.8, 4) is 0 Å². The molecule has 0 unspecified atom stereocenters. The fourth-order valence-electron chi connectivity index (χ4n) is 1.91. The van der Waals surface area contributed by atoms with E-state index < -0.39 is 0 Å². The molecule has 0 aliphatic heterocycles. The topological polar surface area (TPSA) is 37.6 Å². The molecule has 0 atom stereocenters. The summed E-state index contributed by atoms with van der Waals surface area (Å²) in [5.41, 5.74) is 1.29. The highest BCUT2D eigenvalue weighted by atomic mass is 16.5. The number of hydrogen-bond donors (Lipinski definition) is 1. The Morgan fingerprint density at radius 3 is 2.55 bits per heavy atom. The molecule has 0 aliphatic carbocycles. The third kappa shape index (κ3) is 6.55. The summed E-state index contributed by atoms with van der Waals surface area (Å²) in [7, 11) is 0. The summed E-state index contributed by atoms with van der Waals surface area (Å²) < 4.78 is 11.2. The quantitative estimate of drug-likeness (QED) is 0.707. The average molecular weight is 282 g/mol. The number of likely N-dealkylation sites (N-methyl/N-ethyl adjacent to an activating group) is 1. The summed E-state index contributed by atoms with van der Waals surface area (Å²) in [6.45, 7) is 16.1. The van der Waals surface area contributed by atoms with Crippen molar-refractivity contribution in [2.45, 2.75) is 53.3 Å². The van der Waals surface area contributed by atoms with Crippen molar-refractivity contribution in [3.05, 3.63) is 23.7 Å². The molecule has 0 amide bonds. The third-order valence-electron chi connectivity index (χ3n) is 3.33. The van der Waals surface area contributed by atoms with Crippen LogP contribution in [0.3, 0.4) is 0 Å². The lowest BCUT2D eigenvalue weighted by molar-refractivity contribution is 0.0836. The Kier molecular flexibility index (Phi) is 7.27. The number of ether oxygens (including phenoxy) is 1. The first-order valence-electron chi connectivity index (χ1n) is 7.56. The molecular formula is C16H30N2O2. The summed E-state index contributed by atoms with van der Waals surface area (Å²) in [5, 5.41) is 3.47. The Labute approximate surface area is 123 Å². The normalized spacial score (nSPS) is 12.3. The fourth-order valence-corrected chi connectivity index (χ4v) is 1.91. The zero-order chi connectivity index (χ0) is 15.0. The molecule has 116 valence electrons. The van der Waals surface area contributed by atoms with Crippen molar-refractivity contribution in [2.24, 2.45) is 0 Å². The molecule has 1 aromatic heterocycles. The molecule has 0 spiro atoms. The maximum atomic E-state index is 5.72. The van der Waals surface area contributed by atoms with Crippen LogP contribution >= 0.6 is 0 Å². The van der Waals surface area contributed by atoms with E-state index in [1.165, 1.54) is 5.56 Å². The minimum absolute atomic E-state index is 0.109. The Hall–Kier alpha value is -0.840. The molecule has 0 aromatic carbocycles. The molecule has 0 aliphatic rings. The predicted molar refractivity (Wildman–Crippen MR) is 82.7 cm³/mol. The number of furan rings is 1. The van der Waals surface area contributed by atoms with E-state index >= 15 is 0 Å². The number of rotatable bonds is 9. The van der Waals surface area contributed by atoms with Crippen molar-refractivity contribution in [1.82, 2.24) is 10.2 Å². The molecule has 1 N–H and O–H groups in total. The molecule has 1 heterocycles. The molecule has 0 saturated carbocycles. The van der Waals surface area contributed by atoms with E-state index in [-0.39, 0.29) is 5.54 Å². The largest absolute Gasteiger partial charge is 0.467 e. The number of nitrogens with zero attached hydrogens (tertiary/aromatic N) is 1. The minimum atomic E-state index is 0.109. The first kappa shape index (κ1) is 17.2. The lowest BCUT2D eigenvalue weighted by Crippen LogP contribution is -2.35. The highest BCUT2D eigenvalue weighted by Crippen LogP contribution is 2.13. The van der Waals surface area contributed by atoms with Gasteiger partial charge in [0.2, 0.25) is 0 Å². The highest BCUT2D eigenvalue weighted by molar-refractivity contribution is 5.16. The van der Waals surface area contributed by atoms with E-state index in [0.717, 1.165) is 38.5 Å². The van der Waals surface area contributed by atoms with Crippen LogP contribution < -0.4 is 5.32 Å². The van der Waals surface area contributed by atoms with Crippen molar-refractivity contribution in [2.75, 3.05) is 26.2 Å². The fraction of sp³-hybridized carbons (Fsp3) is 0.750. The van der Waals surface area contributed by atoms with Gasteiger partial charge in [-0.25, -0.2) is 0 Å². The first-order chi connectivity index (χ1) is 9.46. The molecule has 1 aromatic rings. The molecular weight excluding hydrogens is 252 g/mol. The van der Waals surface area contributed by atoms with Crippen molar-refractivity contribution >= 4 is 0 Å². The zero-order valence-electron chi connectivity index (χ0n) is 13.7. The van der Waals surface area contributed by atoms with E-state index in [4.69, 9.17) is 9.15 Å². The second-order valence-electron chi connectivity index (χ2n) is 6.05. The number of hydrogen-bond acceptors (Lipinski definition) is 4. The van der Waals surface area contributed by atoms with Gasteiger partial charge in [-0.3, -0.25) is 0 Å². The van der Waals surface area contributed by atoms with E-state index in [9.17, 15) is 0 Å². The van der Waals surface area contributed by atoms with Gasteiger partial charge in [0.1, 0.15) is 12.4 Å². The molecule has 0 radical (unpaired) electrons. The van der Waals surface area contributed by atoms with E-state index in [1.807, 2.05) is 6.07 Å². The van der Waals surface area contributed by atoms with Crippen LogP contribution in [0.2, 0.25) is 0 Å². The molecule has 0 fully saturated rings. The van der Waals surface area contributed by atoms with Gasteiger partial charge >= 0.3 is 0 Å². The van der Waals surface area contributed by atoms with Gasteiger partial charge in [0.05, 0.1) is 12.9 Å². The van der Waals surface area contributed by atoms with Crippen LogP contribution in [0.5, 0.6) is 0 Å². The van der Waals surface area contributed by atoms with E-state index in [2.05, 4.69) is 44.8 Å². The second kappa shape index (κ2) is 8.45. The van der Waals surface area contributed by atoms with Crippen molar-refractivity contribution in [3.63, 3.8) is 0 Å². The zero-order valence-corrected chi connectivity index (χ0v) is 13.7. The molecule has 20 heavy (non-hydrogen) atoms. The molecule has 4 nitrogen and oxygen atoms in total. The summed E-state index contributed by atoms with van der Waals surface area (Å²) in [4.78, 5) is 2.35. The maximum Gasteiger partial charge on any atom is 0.133 e. The van der Waals surface area contributed by atoms with Crippen LogP contribution in [0.25, 0.3) is 0 Å². The van der Waals surface area contributed by atoms with Gasteiger partial charge < -0.3 is 19.4 Å². The predicted octanol–water partition coefficient (Wildman–Crippen LogP) is 3.03. The van der Waals surface area contributed by atoms with Crippen LogP contribution in [0.1, 0.15) is 45.9 Å². The van der Waals surface area contributed by atoms with Gasteiger partial charge in [0.15, 0.2) is 0 Å². The second-order valence-corrected chi connectivity index (χ2v) is 6.05. The summed E-state index contributed by atoms with van der Waals surface area (Å²) >= 11 is 0. The Balaban J connectivity index is 2.32. The monoisotopic (exact) mass is 282 g/mol. The van der Waals surface area contributed by atoms with Crippen LogP contribution in [-0.4, -0.2) is 36.7 Å². The van der Waals surface area contributed by atoms with Crippen molar-refractivity contribution in [1.29, 1.82) is 0 Å². The maximum absolute atomic E-state index is 5.72. The summed E-state index contributed by atoms with van der Waals surface area (Å²) in [6, 6.07) is 2.02. The third-order valence-corrected chi connectivity index (χ3v) is 3.33. The standard InChI is InChI=1S/C16H30N2O2/c1-6-18(7-2)9-11-19-13-15-14(8-10-20-15)12-17-16(3,4)5/h8,10,17H,6-7,9,11-13H2,1-5H3. The average Bonchev–Trinajstić information content (AvgIpc) is 2.83. The Morgan fingerprint density at radius 2 is 1.95 bits per heavy atom. The lowest BCUT2D eigenvalue weighted by atomic mass is 10.1. The van der Waals surface area contributed by atoms with Crippen LogP contribution in [0, 0.1) is 0 Å². The van der Waals surface area contributed by atoms with Gasteiger partial charge in [0.25, 0.3) is 0 Å². The molecule has 1 rings (SSSR count). The first-order valence-corrected chi connectivity index (χ1v) is 7.56. The van der Waals surface area contributed by atoms with Crippen LogP contribution in [0.4, 0.5) is 0 Å². The van der Waals surface area contributed by atoms with Gasteiger partial charge in [-0.1, -0.05) is 13.8 Å². The molecule has 0 saturated heterocycles. The Bertz CT molecular complexity index is 365. The highest BCUT2D eigenvalue weighted by Gasteiger charge is 2.12. The molecule has 4 heteroatoms. The Morgan fingerprint density at radius 1 is 1.25 bits per heavy atom. The van der Waals surface area contributed by atoms with Gasteiger partial charge in [-0.15, -0.1) is 0 Å². The number of nitrogens with one attached hydrogen (secondary N) is 1. The van der Waals surface area contributed by atoms with Gasteiger partial charge in [0, 0.05) is 24.2 Å². The SMILES string of the molecule is CCN(CC)CCOCc1occc1CNC(C)(C)C. The van der Waals surface area contributed by atoms with Gasteiger partial charge in [-0.2, -0.15) is 0 Å². The summed E-state index contributed by atoms with van der Waals surface area (Å²) in [6.07, 6.45) is 1.74. The summed E-state index contributed by atoms with van der Waals surface area (Å²) in [5.74, 6) is 0.932. The van der Waals surface area contributed by atoms with Gasteiger partial charge in [-0.05, 0) is 39.9 Å². The van der Waals surface area contributed by atoms with Crippen molar-refractivity contribution < 1.29 is 9.15 Å². The van der Waals surface area contributed by atoms with Crippen LogP contribution in [0.15, 0.2) is 16.7 Å². The molecule has 0 bridgehead atoms.